The normalized spacial score (nSPS) is 23.1. The van der Waals surface area contributed by atoms with Crippen molar-refractivity contribution in [2.75, 3.05) is 20.2 Å². The third-order valence-corrected chi connectivity index (χ3v) is 3.26. The highest BCUT2D eigenvalue weighted by Gasteiger charge is 2.28. The molecular formula is C13H17FN2O3. The molecule has 1 fully saturated rings. The zero-order valence-electron chi connectivity index (χ0n) is 10.6. The topological polar surface area (TPSA) is 70.6 Å². The molecule has 1 aliphatic rings. The monoisotopic (exact) mass is 268 g/mol. The van der Waals surface area contributed by atoms with E-state index in [4.69, 9.17) is 4.74 Å². The van der Waals surface area contributed by atoms with Crippen molar-refractivity contribution in [1.29, 1.82) is 0 Å². The molecule has 3 N–H and O–H groups in total. The van der Waals surface area contributed by atoms with Gasteiger partial charge in [0.2, 0.25) is 0 Å². The molecule has 5 nitrogen and oxygen atoms in total. The Kier molecular flexibility index (Phi) is 4.34. The average molecular weight is 268 g/mol. The van der Waals surface area contributed by atoms with Gasteiger partial charge in [-0.25, -0.2) is 4.39 Å². The van der Waals surface area contributed by atoms with E-state index in [0.29, 0.717) is 6.54 Å². The van der Waals surface area contributed by atoms with Crippen LogP contribution in [0.4, 0.5) is 4.39 Å². The minimum Gasteiger partial charge on any atom is -0.507 e. The molecule has 2 atom stereocenters. The van der Waals surface area contributed by atoms with E-state index in [0.717, 1.165) is 19.0 Å². The van der Waals surface area contributed by atoms with Gasteiger partial charge in [-0.2, -0.15) is 0 Å². The number of amides is 1. The fourth-order valence-corrected chi connectivity index (χ4v) is 2.24. The van der Waals surface area contributed by atoms with Crippen molar-refractivity contribution in [3.63, 3.8) is 0 Å². The molecule has 0 aromatic heterocycles. The summed E-state index contributed by atoms with van der Waals surface area (Å²) in [6, 6.07) is 3.53. The number of carbonyl (C=O) groups is 1. The molecule has 0 spiro atoms. The Labute approximate surface area is 110 Å². The Morgan fingerprint density at radius 1 is 1.58 bits per heavy atom. The molecule has 1 aromatic carbocycles. The van der Waals surface area contributed by atoms with Crippen LogP contribution in [-0.2, 0) is 4.74 Å². The van der Waals surface area contributed by atoms with Crippen LogP contribution in [0.15, 0.2) is 18.2 Å². The molecule has 0 saturated carbocycles. The number of ether oxygens (including phenoxy) is 1. The van der Waals surface area contributed by atoms with Crippen LogP contribution in [0.25, 0.3) is 0 Å². The van der Waals surface area contributed by atoms with Gasteiger partial charge in [-0.1, -0.05) is 6.07 Å². The van der Waals surface area contributed by atoms with Gasteiger partial charge in [-0.05, 0) is 25.1 Å². The summed E-state index contributed by atoms with van der Waals surface area (Å²) in [4.78, 5) is 12.0. The number of methoxy groups -OCH3 is 1. The number of piperidine rings is 1. The zero-order chi connectivity index (χ0) is 13.8. The lowest BCUT2D eigenvalue weighted by molar-refractivity contribution is 0.0446. The van der Waals surface area contributed by atoms with E-state index in [9.17, 15) is 14.3 Å². The van der Waals surface area contributed by atoms with Crippen LogP contribution in [-0.4, -0.2) is 43.4 Å². The largest absolute Gasteiger partial charge is 0.507 e. The summed E-state index contributed by atoms with van der Waals surface area (Å²) in [5, 5.41) is 15.4. The average Bonchev–Trinajstić information content (AvgIpc) is 2.39. The van der Waals surface area contributed by atoms with Crippen LogP contribution in [0.5, 0.6) is 5.75 Å². The number of phenolic OH excluding ortho intramolecular Hbond substituents is 1. The SMILES string of the molecule is CO[C@@H]1CCNC[C@@H]1NC(=O)c1c(O)cccc1F. The summed E-state index contributed by atoms with van der Waals surface area (Å²) in [6.45, 7) is 1.37. The molecule has 1 aliphatic heterocycles. The minimum atomic E-state index is -0.741. The van der Waals surface area contributed by atoms with E-state index >= 15 is 0 Å². The number of rotatable bonds is 3. The van der Waals surface area contributed by atoms with Crippen molar-refractivity contribution in [3.8, 4) is 5.75 Å². The first-order chi connectivity index (χ1) is 9.13. The highest BCUT2D eigenvalue weighted by atomic mass is 19.1. The van der Waals surface area contributed by atoms with Crippen LogP contribution in [0, 0.1) is 5.82 Å². The standard InChI is InChI=1S/C13H17FN2O3/c1-19-11-5-6-15-7-9(11)16-13(18)12-8(14)3-2-4-10(12)17/h2-4,9,11,15,17H,5-7H2,1H3,(H,16,18)/t9-,11+/m0/s1. The van der Waals surface area contributed by atoms with Gasteiger partial charge in [-0.15, -0.1) is 0 Å². The van der Waals surface area contributed by atoms with Gasteiger partial charge in [0, 0.05) is 13.7 Å². The Bertz CT molecular complexity index is 447. The molecular weight excluding hydrogens is 251 g/mol. The summed E-state index contributed by atoms with van der Waals surface area (Å²) in [7, 11) is 1.58. The van der Waals surface area contributed by atoms with Gasteiger partial charge in [0.05, 0.1) is 12.1 Å². The Hall–Kier alpha value is -1.66. The third kappa shape index (κ3) is 3.02. The maximum Gasteiger partial charge on any atom is 0.258 e. The van der Waals surface area contributed by atoms with Gasteiger partial charge in [0.15, 0.2) is 0 Å². The molecule has 1 amide bonds. The summed E-state index contributed by atoms with van der Waals surface area (Å²) < 4.78 is 18.9. The molecule has 1 saturated heterocycles. The number of aromatic hydroxyl groups is 1. The number of halogens is 1. The summed E-state index contributed by atoms with van der Waals surface area (Å²) >= 11 is 0. The van der Waals surface area contributed by atoms with E-state index in [2.05, 4.69) is 10.6 Å². The Morgan fingerprint density at radius 3 is 3.05 bits per heavy atom. The second-order valence-electron chi connectivity index (χ2n) is 4.48. The lowest BCUT2D eigenvalue weighted by atomic mass is 10.0. The van der Waals surface area contributed by atoms with Gasteiger partial charge in [0.1, 0.15) is 17.1 Å². The molecule has 1 aromatic rings. The summed E-state index contributed by atoms with van der Waals surface area (Å²) in [6.07, 6.45) is 0.657. The van der Waals surface area contributed by atoms with Gasteiger partial charge in [-0.3, -0.25) is 4.79 Å². The first kappa shape index (κ1) is 13.8. The van der Waals surface area contributed by atoms with Gasteiger partial charge in [0.25, 0.3) is 5.91 Å². The molecule has 104 valence electrons. The Morgan fingerprint density at radius 2 is 2.37 bits per heavy atom. The molecule has 0 unspecified atom stereocenters. The fraction of sp³-hybridized carbons (Fsp3) is 0.462. The van der Waals surface area contributed by atoms with Crippen LogP contribution in [0.2, 0.25) is 0 Å². The van der Waals surface area contributed by atoms with Crippen LogP contribution >= 0.6 is 0 Å². The number of hydrogen-bond acceptors (Lipinski definition) is 4. The number of phenols is 1. The number of hydrogen-bond donors (Lipinski definition) is 3. The minimum absolute atomic E-state index is 0.112. The lowest BCUT2D eigenvalue weighted by Crippen LogP contribution is -2.54. The first-order valence-corrected chi connectivity index (χ1v) is 6.15. The molecule has 2 rings (SSSR count). The van der Waals surface area contributed by atoms with Crippen molar-refractivity contribution in [2.45, 2.75) is 18.6 Å². The maximum absolute atomic E-state index is 13.6. The second kappa shape index (κ2) is 5.99. The predicted octanol–water partition coefficient (Wildman–Crippen LogP) is 0.638. The van der Waals surface area contributed by atoms with Crippen LogP contribution in [0.1, 0.15) is 16.8 Å². The van der Waals surface area contributed by atoms with E-state index < -0.39 is 11.7 Å². The van der Waals surface area contributed by atoms with Crippen LogP contribution < -0.4 is 10.6 Å². The molecule has 0 bridgehead atoms. The smallest absolute Gasteiger partial charge is 0.258 e. The third-order valence-electron chi connectivity index (χ3n) is 3.26. The second-order valence-corrected chi connectivity index (χ2v) is 4.48. The first-order valence-electron chi connectivity index (χ1n) is 6.15. The van der Waals surface area contributed by atoms with E-state index in [1.807, 2.05) is 0 Å². The van der Waals surface area contributed by atoms with Crippen molar-refractivity contribution < 1.29 is 19.0 Å². The summed E-state index contributed by atoms with van der Waals surface area (Å²) in [5.74, 6) is -1.74. The highest BCUT2D eigenvalue weighted by Crippen LogP contribution is 2.20. The van der Waals surface area contributed by atoms with Gasteiger partial charge < -0.3 is 20.5 Å². The molecule has 19 heavy (non-hydrogen) atoms. The molecule has 0 radical (unpaired) electrons. The predicted molar refractivity (Wildman–Crippen MR) is 67.6 cm³/mol. The number of carbonyl (C=O) groups excluding carboxylic acids is 1. The highest BCUT2D eigenvalue weighted by molar-refractivity contribution is 5.97. The molecule has 1 heterocycles. The Balaban J connectivity index is 2.12. The van der Waals surface area contributed by atoms with Crippen molar-refractivity contribution >= 4 is 5.91 Å². The van der Waals surface area contributed by atoms with E-state index in [-0.39, 0.29) is 23.5 Å². The van der Waals surface area contributed by atoms with Crippen molar-refractivity contribution in [3.05, 3.63) is 29.6 Å². The lowest BCUT2D eigenvalue weighted by Gasteiger charge is -2.31. The quantitative estimate of drug-likeness (QED) is 0.752. The summed E-state index contributed by atoms with van der Waals surface area (Å²) in [5.41, 5.74) is -0.331. The maximum atomic E-state index is 13.6. The fourth-order valence-electron chi connectivity index (χ4n) is 2.24. The van der Waals surface area contributed by atoms with Crippen molar-refractivity contribution in [1.82, 2.24) is 10.6 Å². The zero-order valence-corrected chi connectivity index (χ0v) is 10.6. The molecule has 6 heteroatoms. The van der Waals surface area contributed by atoms with E-state index in [1.165, 1.54) is 12.1 Å². The van der Waals surface area contributed by atoms with Crippen molar-refractivity contribution in [2.24, 2.45) is 0 Å². The number of benzene rings is 1. The van der Waals surface area contributed by atoms with Crippen LogP contribution in [0.3, 0.4) is 0 Å². The molecule has 0 aliphatic carbocycles. The number of nitrogens with one attached hydrogen (secondary N) is 2. The van der Waals surface area contributed by atoms with E-state index in [1.54, 1.807) is 7.11 Å². The van der Waals surface area contributed by atoms with Gasteiger partial charge >= 0.3 is 0 Å².